The molecule has 0 saturated carbocycles. The predicted octanol–water partition coefficient (Wildman–Crippen LogP) is 4.02. The summed E-state index contributed by atoms with van der Waals surface area (Å²) in [5, 5.41) is 21.8. The van der Waals surface area contributed by atoms with E-state index in [1.165, 1.54) is 30.4 Å². The molecule has 1 aromatic heterocycles. The van der Waals surface area contributed by atoms with E-state index in [0.717, 1.165) is 12.1 Å². The van der Waals surface area contributed by atoms with E-state index in [1.807, 2.05) is 20.8 Å². The normalized spacial score (nSPS) is 13.9. The largest absolute Gasteiger partial charge is 0.507 e. The van der Waals surface area contributed by atoms with Crippen LogP contribution in [0.25, 0.3) is 0 Å². The van der Waals surface area contributed by atoms with Gasteiger partial charge in [0.05, 0.1) is 10.3 Å². The fraction of sp³-hybridized carbons (Fsp3) is 0.348. The molecule has 0 fully saturated rings. The molecule has 3 aromatic rings. The number of phenols is 1. The van der Waals surface area contributed by atoms with Gasteiger partial charge in [-0.15, -0.1) is 21.5 Å². The zero-order chi connectivity index (χ0) is 25.3. The van der Waals surface area contributed by atoms with Crippen LogP contribution in [0.2, 0.25) is 0 Å². The third-order valence-electron chi connectivity index (χ3n) is 5.24. The fourth-order valence-electron chi connectivity index (χ4n) is 3.19. The van der Waals surface area contributed by atoms with E-state index >= 15 is 0 Å². The molecular formula is C23H25F2N3O4S2. The van der Waals surface area contributed by atoms with Crippen LogP contribution in [0.1, 0.15) is 48.1 Å². The summed E-state index contributed by atoms with van der Waals surface area (Å²) in [5.41, 5.74) is -0.353. The topological polar surface area (TPSA) is 109 Å². The number of nitrogens with zero attached hydrogens (tertiary/aromatic N) is 2. The minimum atomic E-state index is -4.44. The van der Waals surface area contributed by atoms with E-state index in [1.54, 1.807) is 12.1 Å². The van der Waals surface area contributed by atoms with Crippen molar-refractivity contribution in [3.63, 3.8) is 0 Å². The first kappa shape index (κ1) is 25.7. The SMILES string of the molecule is CC(C)(C)c1nnc(CC(C)(CNC(=O)c2ccccc2O)S(=O)(=O)c2ccc(F)cc2F)s1. The molecule has 0 saturated heterocycles. The first-order chi connectivity index (χ1) is 15.7. The van der Waals surface area contributed by atoms with Crippen LogP contribution < -0.4 is 5.32 Å². The predicted molar refractivity (Wildman–Crippen MR) is 125 cm³/mol. The monoisotopic (exact) mass is 509 g/mol. The number of amides is 1. The van der Waals surface area contributed by atoms with Gasteiger partial charge in [-0.05, 0) is 31.2 Å². The van der Waals surface area contributed by atoms with Gasteiger partial charge in [0.1, 0.15) is 32.3 Å². The first-order valence-corrected chi connectivity index (χ1v) is 12.6. The van der Waals surface area contributed by atoms with E-state index in [0.29, 0.717) is 16.1 Å². The molecule has 182 valence electrons. The van der Waals surface area contributed by atoms with Crippen LogP contribution in [0.5, 0.6) is 5.75 Å². The molecule has 11 heteroatoms. The van der Waals surface area contributed by atoms with Crippen LogP contribution >= 0.6 is 11.3 Å². The van der Waals surface area contributed by atoms with Crippen LogP contribution in [-0.2, 0) is 21.7 Å². The molecule has 1 unspecified atom stereocenters. The highest BCUT2D eigenvalue weighted by atomic mass is 32.2. The zero-order valence-electron chi connectivity index (χ0n) is 19.1. The third kappa shape index (κ3) is 5.25. The Morgan fingerprint density at radius 2 is 1.76 bits per heavy atom. The Hall–Kier alpha value is -2.92. The maximum absolute atomic E-state index is 14.5. The molecule has 0 aliphatic rings. The lowest BCUT2D eigenvalue weighted by atomic mass is 9.98. The molecule has 0 bridgehead atoms. The average Bonchev–Trinajstić information content (AvgIpc) is 3.21. The number of aromatic nitrogens is 2. The molecule has 0 aliphatic heterocycles. The van der Waals surface area contributed by atoms with Crippen molar-refractivity contribution in [1.82, 2.24) is 15.5 Å². The van der Waals surface area contributed by atoms with Gasteiger partial charge in [-0.1, -0.05) is 32.9 Å². The summed E-state index contributed by atoms with van der Waals surface area (Å²) in [6, 6.07) is 8.03. The van der Waals surface area contributed by atoms with E-state index in [9.17, 15) is 27.1 Å². The van der Waals surface area contributed by atoms with E-state index in [4.69, 9.17) is 0 Å². The average molecular weight is 510 g/mol. The van der Waals surface area contributed by atoms with Crippen LogP contribution in [0.15, 0.2) is 47.4 Å². The number of para-hydroxylation sites is 1. The molecule has 7 nitrogen and oxygen atoms in total. The Bertz CT molecular complexity index is 1320. The summed E-state index contributed by atoms with van der Waals surface area (Å²) in [7, 11) is -4.44. The Morgan fingerprint density at radius 3 is 2.35 bits per heavy atom. The van der Waals surface area contributed by atoms with Gasteiger partial charge in [-0.25, -0.2) is 17.2 Å². The number of benzene rings is 2. The Labute approximate surface area is 200 Å². The zero-order valence-corrected chi connectivity index (χ0v) is 20.7. The summed E-state index contributed by atoms with van der Waals surface area (Å²) in [4.78, 5) is 12.0. The van der Waals surface area contributed by atoms with Gasteiger partial charge in [0.15, 0.2) is 9.84 Å². The fourth-order valence-corrected chi connectivity index (χ4v) is 6.04. The summed E-state index contributed by atoms with van der Waals surface area (Å²) in [6.45, 7) is 6.74. The van der Waals surface area contributed by atoms with E-state index < -0.39 is 43.6 Å². The Balaban J connectivity index is 2.00. The van der Waals surface area contributed by atoms with Crippen LogP contribution in [0.4, 0.5) is 8.78 Å². The second-order valence-electron chi connectivity index (χ2n) is 9.16. The maximum Gasteiger partial charge on any atom is 0.255 e. The van der Waals surface area contributed by atoms with E-state index in [2.05, 4.69) is 15.5 Å². The summed E-state index contributed by atoms with van der Waals surface area (Å²) in [6.07, 6.45) is -0.180. The highest BCUT2D eigenvalue weighted by Gasteiger charge is 2.43. The molecule has 1 amide bonds. The number of nitrogens with one attached hydrogen (secondary N) is 1. The van der Waals surface area contributed by atoms with Crippen molar-refractivity contribution < 1.29 is 27.1 Å². The summed E-state index contributed by atoms with van der Waals surface area (Å²) >= 11 is 1.22. The number of hydrogen-bond acceptors (Lipinski definition) is 7. The van der Waals surface area contributed by atoms with Gasteiger partial charge in [-0.2, -0.15) is 0 Å². The number of hydrogen-bond donors (Lipinski definition) is 2. The maximum atomic E-state index is 14.5. The molecule has 0 radical (unpaired) electrons. The minimum Gasteiger partial charge on any atom is -0.507 e. The number of rotatable bonds is 7. The van der Waals surface area contributed by atoms with Crippen LogP contribution in [-0.4, -0.2) is 40.9 Å². The Morgan fingerprint density at radius 1 is 1.09 bits per heavy atom. The molecule has 0 spiro atoms. The van der Waals surface area contributed by atoms with E-state index in [-0.39, 0.29) is 23.1 Å². The number of carbonyl (C=O) groups excluding carboxylic acids is 1. The molecule has 3 rings (SSSR count). The van der Waals surface area contributed by atoms with Crippen molar-refractivity contribution in [1.29, 1.82) is 0 Å². The number of carbonyl (C=O) groups is 1. The second-order valence-corrected chi connectivity index (χ2v) is 12.7. The molecule has 1 heterocycles. The van der Waals surface area contributed by atoms with Crippen LogP contribution in [0, 0.1) is 11.6 Å². The first-order valence-electron chi connectivity index (χ1n) is 10.3. The highest BCUT2D eigenvalue weighted by Crippen LogP contribution is 2.33. The number of phenolic OH excluding ortho intramolecular Hbond substituents is 1. The number of sulfone groups is 1. The smallest absolute Gasteiger partial charge is 0.255 e. The van der Waals surface area contributed by atoms with Crippen LogP contribution in [0.3, 0.4) is 0 Å². The lowest BCUT2D eigenvalue weighted by Gasteiger charge is -2.29. The van der Waals surface area contributed by atoms with Gasteiger partial charge < -0.3 is 10.4 Å². The van der Waals surface area contributed by atoms with Gasteiger partial charge in [0.2, 0.25) is 0 Å². The molecular weight excluding hydrogens is 484 g/mol. The molecule has 34 heavy (non-hydrogen) atoms. The molecule has 2 aromatic carbocycles. The van der Waals surface area contributed by atoms with Crippen molar-refractivity contribution >= 4 is 27.1 Å². The van der Waals surface area contributed by atoms with Crippen molar-refractivity contribution in [2.45, 2.75) is 49.2 Å². The Kier molecular flexibility index (Phi) is 7.09. The second kappa shape index (κ2) is 9.38. The summed E-state index contributed by atoms with van der Waals surface area (Å²) in [5.74, 6) is -3.12. The van der Waals surface area contributed by atoms with Gasteiger partial charge >= 0.3 is 0 Å². The van der Waals surface area contributed by atoms with Crippen molar-refractivity contribution in [2.75, 3.05) is 6.54 Å². The molecule has 2 N–H and O–H groups in total. The third-order valence-corrected chi connectivity index (χ3v) is 9.08. The van der Waals surface area contributed by atoms with Crippen molar-refractivity contribution in [3.05, 3.63) is 69.7 Å². The molecule has 1 atom stereocenters. The number of halogens is 2. The standard InChI is InChI=1S/C23H25F2N3O4S2/c1-22(2,3)21-28-27-19(33-21)12-23(4,13-26-20(30)15-7-5-6-8-17(15)29)34(31,32)18-10-9-14(24)11-16(18)25/h5-11,29H,12-13H2,1-4H3,(H,26,30). The lowest BCUT2D eigenvalue weighted by Crippen LogP contribution is -2.48. The lowest BCUT2D eigenvalue weighted by molar-refractivity contribution is 0.0947. The quantitative estimate of drug-likeness (QED) is 0.466. The van der Waals surface area contributed by atoms with Crippen molar-refractivity contribution in [3.8, 4) is 5.75 Å². The number of aromatic hydroxyl groups is 1. The van der Waals surface area contributed by atoms with Crippen molar-refractivity contribution in [2.24, 2.45) is 0 Å². The minimum absolute atomic E-state index is 0.0406. The van der Waals surface area contributed by atoms with Gasteiger partial charge in [-0.3, -0.25) is 4.79 Å². The highest BCUT2D eigenvalue weighted by molar-refractivity contribution is 7.92. The van der Waals surface area contributed by atoms with Gasteiger partial charge in [0.25, 0.3) is 5.91 Å². The van der Waals surface area contributed by atoms with Gasteiger partial charge in [0, 0.05) is 24.4 Å². The summed E-state index contributed by atoms with van der Waals surface area (Å²) < 4.78 is 53.4. The molecule has 0 aliphatic carbocycles.